The summed E-state index contributed by atoms with van der Waals surface area (Å²) >= 11 is 0. The van der Waals surface area contributed by atoms with Gasteiger partial charge in [0.05, 0.1) is 27.8 Å². The Bertz CT molecular complexity index is 2500. The molecule has 2 aliphatic heterocycles. The summed E-state index contributed by atoms with van der Waals surface area (Å²) in [5, 5.41) is 0. The molecule has 256 valence electrons. The lowest BCUT2D eigenvalue weighted by atomic mass is 9.72. The van der Waals surface area contributed by atoms with E-state index >= 15 is 0 Å². The third-order valence-corrected chi connectivity index (χ3v) is 10.0. The van der Waals surface area contributed by atoms with Gasteiger partial charge >= 0.3 is 14.2 Å². The van der Waals surface area contributed by atoms with Gasteiger partial charge in [0.1, 0.15) is 0 Å². The molecule has 0 aromatic heterocycles. The van der Waals surface area contributed by atoms with Crippen LogP contribution in [0.4, 0.5) is 0 Å². The van der Waals surface area contributed by atoms with Crippen molar-refractivity contribution in [2.45, 2.75) is 90.1 Å². The Morgan fingerprint density at radius 2 is 0.685 bits per heavy atom. The molecule has 0 N–H and O–H groups in total. The largest absolute Gasteiger partial charge is 0.494 e. The van der Waals surface area contributed by atoms with Crippen molar-refractivity contribution in [1.29, 1.82) is 0 Å². The van der Waals surface area contributed by atoms with Gasteiger partial charge in [-0.25, -0.2) is 0 Å². The Hall–Kier alpha value is -6.43. The number of rotatable bonds is 2. The van der Waals surface area contributed by atoms with E-state index in [4.69, 9.17) is 25.0 Å². The summed E-state index contributed by atoms with van der Waals surface area (Å²) < 4.78 is 25.6. The van der Waals surface area contributed by atoms with Crippen LogP contribution >= 0.6 is 0 Å². The first kappa shape index (κ1) is 38.8. The second kappa shape index (κ2) is 15.7. The van der Waals surface area contributed by atoms with Crippen molar-refractivity contribution >= 4 is 25.2 Å². The van der Waals surface area contributed by atoms with Crippen LogP contribution in [0.5, 0.6) is 0 Å². The van der Waals surface area contributed by atoms with Gasteiger partial charge in [-0.15, -0.1) is 6.42 Å². The smallest absolute Gasteiger partial charge is 0.399 e. The van der Waals surface area contributed by atoms with Crippen molar-refractivity contribution in [1.82, 2.24) is 0 Å². The molecular formula is C48H34B2O4. The summed E-state index contributed by atoms with van der Waals surface area (Å²) in [6.45, 7) is 18.5. The molecule has 2 saturated heterocycles. The average molecular weight is 696 g/mol. The monoisotopic (exact) mass is 696 g/mol. The lowest BCUT2D eigenvalue weighted by molar-refractivity contribution is 0.00578. The van der Waals surface area contributed by atoms with Gasteiger partial charge in [0.15, 0.2) is 0 Å². The second-order valence-electron chi connectivity index (χ2n) is 14.6. The molecule has 3 aliphatic rings. The second-order valence-corrected chi connectivity index (χ2v) is 14.6. The SMILES string of the molecule is C#CC#CC#CC#CC#CC#CC#CC#CC#CC#CC#CC1(C)c2cc(B3OC(C)(C)C(C)(C)O3)ccc2-c2ccc(B3OC(C)(C)C(C)(C)O3)cc21. The minimum atomic E-state index is -0.717. The highest BCUT2D eigenvalue weighted by molar-refractivity contribution is 6.62. The number of benzene rings is 2. The molecule has 0 saturated carbocycles. The van der Waals surface area contributed by atoms with Crippen LogP contribution in [0.3, 0.4) is 0 Å². The molecule has 0 atom stereocenters. The zero-order valence-corrected chi connectivity index (χ0v) is 31.8. The summed E-state index contributed by atoms with van der Waals surface area (Å²) in [6, 6.07) is 12.7. The maximum absolute atomic E-state index is 6.41. The molecule has 0 amide bonds. The predicted octanol–water partition coefficient (Wildman–Crippen LogP) is 4.24. The van der Waals surface area contributed by atoms with Gasteiger partial charge in [-0.2, -0.15) is 0 Å². The minimum absolute atomic E-state index is 0.468. The van der Waals surface area contributed by atoms with Crippen molar-refractivity contribution in [3.63, 3.8) is 0 Å². The molecule has 0 radical (unpaired) electrons. The van der Waals surface area contributed by atoms with E-state index in [-0.39, 0.29) is 0 Å². The average Bonchev–Trinajstić information content (AvgIpc) is 3.60. The van der Waals surface area contributed by atoms with Crippen LogP contribution in [0.2, 0.25) is 0 Å². The van der Waals surface area contributed by atoms with E-state index < -0.39 is 42.1 Å². The first-order chi connectivity index (χ1) is 25.6. The molecule has 6 heteroatoms. The Balaban J connectivity index is 1.38. The fourth-order valence-corrected chi connectivity index (χ4v) is 5.68. The van der Waals surface area contributed by atoms with E-state index in [2.05, 4.69) is 223 Å². The maximum Gasteiger partial charge on any atom is 0.494 e. The molecule has 2 fully saturated rings. The molecule has 0 bridgehead atoms. The molecule has 5 rings (SSSR count). The summed E-state index contributed by atoms with van der Waals surface area (Å²) in [7, 11) is -1.03. The molecule has 2 aromatic rings. The molecule has 2 aromatic carbocycles. The molecule has 1 aliphatic carbocycles. The molecule has 4 nitrogen and oxygen atoms in total. The van der Waals surface area contributed by atoms with E-state index in [1.54, 1.807) is 0 Å². The highest BCUT2D eigenvalue weighted by atomic mass is 16.7. The lowest BCUT2D eigenvalue weighted by Gasteiger charge is -2.32. The summed E-state index contributed by atoms with van der Waals surface area (Å²) in [6.07, 6.45) is 4.99. The van der Waals surface area contributed by atoms with Gasteiger partial charge in [0, 0.05) is 23.7 Å². The highest BCUT2D eigenvalue weighted by Gasteiger charge is 2.53. The third-order valence-electron chi connectivity index (χ3n) is 10.0. The Labute approximate surface area is 322 Å². The van der Waals surface area contributed by atoms with Gasteiger partial charge < -0.3 is 18.6 Å². The van der Waals surface area contributed by atoms with Crippen LogP contribution in [0, 0.1) is 131 Å². The minimum Gasteiger partial charge on any atom is -0.399 e. The van der Waals surface area contributed by atoms with Crippen LogP contribution in [0.1, 0.15) is 73.4 Å². The van der Waals surface area contributed by atoms with Crippen molar-refractivity contribution in [2.75, 3.05) is 0 Å². The lowest BCUT2D eigenvalue weighted by Crippen LogP contribution is -2.41. The molecule has 2 heterocycles. The van der Waals surface area contributed by atoms with Gasteiger partial charge in [-0.3, -0.25) is 0 Å². The number of fused-ring (bicyclic) bond motifs is 3. The zero-order chi connectivity index (χ0) is 39.0. The van der Waals surface area contributed by atoms with Gasteiger partial charge in [0.25, 0.3) is 0 Å². The van der Waals surface area contributed by atoms with Gasteiger partial charge in [0.2, 0.25) is 0 Å². The Morgan fingerprint density at radius 1 is 0.407 bits per heavy atom. The predicted molar refractivity (Wildman–Crippen MR) is 216 cm³/mol. The maximum atomic E-state index is 6.41. The number of terminal acetylenes is 1. The normalized spacial score (nSPS) is 17.0. The van der Waals surface area contributed by atoms with E-state index in [0.29, 0.717) is 0 Å². The molecule has 0 spiro atoms. The fraction of sp³-hybridized carbons (Fsp3) is 0.292. The first-order valence-corrected chi connectivity index (χ1v) is 17.1. The highest BCUT2D eigenvalue weighted by Crippen LogP contribution is 2.48. The molecular weight excluding hydrogens is 662 g/mol. The number of hydrogen-bond donors (Lipinski definition) is 0. The van der Waals surface area contributed by atoms with E-state index in [9.17, 15) is 0 Å². The van der Waals surface area contributed by atoms with Gasteiger partial charge in [-0.1, -0.05) is 42.3 Å². The van der Waals surface area contributed by atoms with Crippen LogP contribution < -0.4 is 10.9 Å². The first-order valence-electron chi connectivity index (χ1n) is 17.1. The van der Waals surface area contributed by atoms with E-state index in [1.165, 1.54) is 0 Å². The summed E-state index contributed by atoms with van der Waals surface area (Å²) in [5.74, 6) is 55.1. The standard InChI is InChI=1S/C48H34B2O4/c1-11-12-13-14-15-16-17-18-19-20-21-22-23-24-25-26-27-28-29-30-35-48(10)42-36-38(49-51-44(2,3)45(4,5)52-49)31-33-40(42)41-34-32-39(37-43(41)48)50-53-46(6,7)47(8,9)54-50/h1,31-34,36-37H,2-10H3. The van der Waals surface area contributed by atoms with Crippen molar-refractivity contribution in [2.24, 2.45) is 0 Å². The summed E-state index contributed by atoms with van der Waals surface area (Å²) in [5.41, 5.74) is 3.52. The van der Waals surface area contributed by atoms with Crippen LogP contribution in [0.25, 0.3) is 11.1 Å². The quantitative estimate of drug-likeness (QED) is 0.348. The topological polar surface area (TPSA) is 36.9 Å². The molecule has 0 unspecified atom stereocenters. The van der Waals surface area contributed by atoms with E-state index in [1.807, 2.05) is 0 Å². The Kier molecular flexibility index (Phi) is 11.3. The van der Waals surface area contributed by atoms with Crippen LogP contribution in [-0.4, -0.2) is 36.6 Å². The number of hydrogen-bond acceptors (Lipinski definition) is 4. The van der Waals surface area contributed by atoms with Crippen LogP contribution in [-0.2, 0) is 24.0 Å². The Morgan fingerprint density at radius 3 is 0.981 bits per heavy atom. The van der Waals surface area contributed by atoms with E-state index in [0.717, 1.165) is 33.2 Å². The van der Waals surface area contributed by atoms with Crippen molar-refractivity contribution in [3.05, 3.63) is 47.5 Å². The van der Waals surface area contributed by atoms with Gasteiger partial charge in [-0.05, 0) is 190 Å². The molecule has 54 heavy (non-hydrogen) atoms. The van der Waals surface area contributed by atoms with Crippen LogP contribution in [0.15, 0.2) is 36.4 Å². The van der Waals surface area contributed by atoms with Crippen molar-refractivity contribution < 1.29 is 18.6 Å². The third kappa shape index (κ3) is 8.28. The summed E-state index contributed by atoms with van der Waals surface area (Å²) in [4.78, 5) is 0. The zero-order valence-electron chi connectivity index (χ0n) is 31.8. The fourth-order valence-electron chi connectivity index (χ4n) is 5.68. The van der Waals surface area contributed by atoms with Crippen molar-refractivity contribution in [3.8, 4) is 142 Å².